The van der Waals surface area contributed by atoms with Gasteiger partial charge in [-0.15, -0.1) is 0 Å². The summed E-state index contributed by atoms with van der Waals surface area (Å²) >= 11 is 0. The SMILES string of the molecule is CC(C)c1ccc2[nH]c(=O)c(CNS(=O)(=O)N(C)C)cc2c1. The van der Waals surface area contributed by atoms with Crippen LogP contribution >= 0.6 is 0 Å². The zero-order valence-electron chi connectivity index (χ0n) is 13.2. The lowest BCUT2D eigenvalue weighted by molar-refractivity contribution is 0.505. The number of hydrogen-bond donors (Lipinski definition) is 2. The summed E-state index contributed by atoms with van der Waals surface area (Å²) in [5.74, 6) is 0.382. The lowest BCUT2D eigenvalue weighted by atomic mass is 10.0. The maximum absolute atomic E-state index is 12.0. The molecule has 0 amide bonds. The van der Waals surface area contributed by atoms with Crippen LogP contribution in [0, 0.1) is 0 Å². The molecule has 0 saturated carbocycles. The Balaban J connectivity index is 2.38. The summed E-state index contributed by atoms with van der Waals surface area (Å²) in [5, 5.41) is 0.893. The summed E-state index contributed by atoms with van der Waals surface area (Å²) < 4.78 is 26.9. The lowest BCUT2D eigenvalue weighted by Crippen LogP contribution is -2.36. The average molecular weight is 323 g/mol. The maximum atomic E-state index is 12.0. The van der Waals surface area contributed by atoms with Gasteiger partial charge in [0, 0.05) is 31.7 Å². The molecule has 0 bridgehead atoms. The number of H-pyrrole nitrogens is 1. The van der Waals surface area contributed by atoms with Crippen molar-refractivity contribution >= 4 is 21.1 Å². The van der Waals surface area contributed by atoms with Crippen LogP contribution in [0.5, 0.6) is 0 Å². The van der Waals surface area contributed by atoms with Gasteiger partial charge < -0.3 is 4.98 Å². The summed E-state index contributed by atoms with van der Waals surface area (Å²) in [6, 6.07) is 7.61. The van der Waals surface area contributed by atoms with Crippen molar-refractivity contribution in [3.05, 3.63) is 45.7 Å². The molecule has 0 unspecified atom stereocenters. The van der Waals surface area contributed by atoms with Crippen LogP contribution in [0.4, 0.5) is 0 Å². The van der Waals surface area contributed by atoms with Crippen LogP contribution in [0.15, 0.2) is 29.1 Å². The minimum Gasteiger partial charge on any atom is -0.322 e. The third-order valence-corrected chi connectivity index (χ3v) is 5.01. The quantitative estimate of drug-likeness (QED) is 0.876. The number of hydrogen-bond acceptors (Lipinski definition) is 3. The summed E-state index contributed by atoms with van der Waals surface area (Å²) in [4.78, 5) is 14.8. The Morgan fingerprint density at radius 1 is 1.23 bits per heavy atom. The molecule has 0 spiro atoms. The van der Waals surface area contributed by atoms with Crippen molar-refractivity contribution in [3.63, 3.8) is 0 Å². The predicted octanol–water partition coefficient (Wildman–Crippen LogP) is 1.55. The molecule has 1 heterocycles. The standard InChI is InChI=1S/C15H21N3O3S/c1-10(2)11-5-6-14-12(7-11)8-13(15(19)17-14)9-16-22(20,21)18(3)4/h5-8,10,16H,9H2,1-4H3,(H,17,19). The molecule has 0 aliphatic carbocycles. The highest BCUT2D eigenvalue weighted by Gasteiger charge is 2.14. The lowest BCUT2D eigenvalue weighted by Gasteiger charge is -2.12. The Kier molecular flexibility index (Phi) is 4.69. The van der Waals surface area contributed by atoms with E-state index in [4.69, 9.17) is 0 Å². The van der Waals surface area contributed by atoms with E-state index in [0.29, 0.717) is 11.5 Å². The van der Waals surface area contributed by atoms with Gasteiger partial charge in [0.15, 0.2) is 0 Å². The second-order valence-electron chi connectivity index (χ2n) is 5.73. The second-order valence-corrected chi connectivity index (χ2v) is 7.70. The van der Waals surface area contributed by atoms with Crippen LogP contribution in [0.2, 0.25) is 0 Å². The first-order valence-corrected chi connectivity index (χ1v) is 8.47. The van der Waals surface area contributed by atoms with E-state index in [-0.39, 0.29) is 12.1 Å². The highest BCUT2D eigenvalue weighted by molar-refractivity contribution is 7.87. The van der Waals surface area contributed by atoms with Crippen LogP contribution in [-0.4, -0.2) is 31.8 Å². The van der Waals surface area contributed by atoms with E-state index in [1.807, 2.05) is 18.2 Å². The molecule has 0 saturated heterocycles. The number of rotatable bonds is 5. The zero-order chi connectivity index (χ0) is 16.5. The molecular formula is C15H21N3O3S. The normalized spacial score (nSPS) is 12.5. The summed E-state index contributed by atoms with van der Waals surface area (Å²) in [6.07, 6.45) is 0. The largest absolute Gasteiger partial charge is 0.322 e. The van der Waals surface area contributed by atoms with Crippen molar-refractivity contribution in [2.24, 2.45) is 0 Å². The van der Waals surface area contributed by atoms with Gasteiger partial charge in [-0.2, -0.15) is 17.4 Å². The zero-order valence-corrected chi connectivity index (χ0v) is 14.0. The molecule has 6 nitrogen and oxygen atoms in total. The summed E-state index contributed by atoms with van der Waals surface area (Å²) in [6.45, 7) is 4.15. The van der Waals surface area contributed by atoms with Crippen LogP contribution in [0.3, 0.4) is 0 Å². The molecule has 0 radical (unpaired) electrons. The van der Waals surface area contributed by atoms with Gasteiger partial charge in [0.05, 0.1) is 0 Å². The number of fused-ring (bicyclic) bond motifs is 1. The second kappa shape index (κ2) is 6.20. The van der Waals surface area contributed by atoms with E-state index in [1.54, 1.807) is 6.07 Å². The van der Waals surface area contributed by atoms with Gasteiger partial charge in [-0.3, -0.25) is 4.79 Å². The van der Waals surface area contributed by atoms with Crippen molar-refractivity contribution < 1.29 is 8.42 Å². The number of benzene rings is 1. The fourth-order valence-corrected chi connectivity index (χ4v) is 2.65. The fourth-order valence-electron chi connectivity index (χ4n) is 2.06. The Labute approximate surface area is 130 Å². The van der Waals surface area contributed by atoms with Gasteiger partial charge in [0.25, 0.3) is 15.8 Å². The Morgan fingerprint density at radius 3 is 2.50 bits per heavy atom. The number of nitrogens with one attached hydrogen (secondary N) is 2. The van der Waals surface area contributed by atoms with Gasteiger partial charge in [0.1, 0.15) is 0 Å². The van der Waals surface area contributed by atoms with E-state index < -0.39 is 10.2 Å². The van der Waals surface area contributed by atoms with Gasteiger partial charge in [-0.05, 0) is 35.1 Å². The van der Waals surface area contributed by atoms with E-state index in [1.165, 1.54) is 19.7 Å². The van der Waals surface area contributed by atoms with E-state index in [0.717, 1.165) is 15.2 Å². The van der Waals surface area contributed by atoms with Crippen molar-refractivity contribution in [2.75, 3.05) is 14.1 Å². The molecule has 7 heteroatoms. The van der Waals surface area contributed by atoms with Gasteiger partial charge in [-0.1, -0.05) is 19.9 Å². The number of aromatic nitrogens is 1. The summed E-state index contributed by atoms with van der Waals surface area (Å²) in [7, 11) is -0.693. The summed E-state index contributed by atoms with van der Waals surface area (Å²) in [5.41, 5.74) is 2.01. The molecule has 1 aromatic heterocycles. The van der Waals surface area contributed by atoms with Gasteiger partial charge in [0.2, 0.25) is 0 Å². The molecule has 0 fully saturated rings. The molecular weight excluding hydrogens is 302 g/mol. The van der Waals surface area contributed by atoms with Crippen molar-refractivity contribution in [2.45, 2.75) is 26.3 Å². The highest BCUT2D eigenvalue weighted by Crippen LogP contribution is 2.20. The van der Waals surface area contributed by atoms with Crippen molar-refractivity contribution in [1.29, 1.82) is 0 Å². The number of nitrogens with zero attached hydrogens (tertiary/aromatic N) is 1. The molecule has 2 rings (SSSR count). The molecule has 0 atom stereocenters. The van der Waals surface area contributed by atoms with Crippen molar-refractivity contribution in [1.82, 2.24) is 14.0 Å². The van der Waals surface area contributed by atoms with Crippen LogP contribution in [-0.2, 0) is 16.8 Å². The van der Waals surface area contributed by atoms with Crippen LogP contribution in [0.25, 0.3) is 10.9 Å². The van der Waals surface area contributed by atoms with Gasteiger partial charge >= 0.3 is 0 Å². The minimum absolute atomic E-state index is 0.0440. The first-order valence-electron chi connectivity index (χ1n) is 7.03. The Hall–Kier alpha value is -1.70. The predicted molar refractivity (Wildman–Crippen MR) is 88.1 cm³/mol. The molecule has 22 heavy (non-hydrogen) atoms. The minimum atomic E-state index is -3.56. The maximum Gasteiger partial charge on any atom is 0.279 e. The molecule has 2 N–H and O–H groups in total. The molecule has 120 valence electrons. The van der Waals surface area contributed by atoms with Crippen LogP contribution in [0.1, 0.15) is 30.9 Å². The van der Waals surface area contributed by atoms with E-state index in [9.17, 15) is 13.2 Å². The van der Waals surface area contributed by atoms with E-state index >= 15 is 0 Å². The smallest absolute Gasteiger partial charge is 0.279 e. The first kappa shape index (κ1) is 16.7. The number of aromatic amines is 1. The third kappa shape index (κ3) is 3.55. The Bertz CT molecular complexity index is 839. The highest BCUT2D eigenvalue weighted by atomic mass is 32.2. The monoisotopic (exact) mass is 323 g/mol. The number of pyridine rings is 1. The molecule has 2 aromatic rings. The average Bonchev–Trinajstić information content (AvgIpc) is 2.44. The van der Waals surface area contributed by atoms with Crippen molar-refractivity contribution in [3.8, 4) is 0 Å². The molecule has 0 aliphatic rings. The molecule has 0 aliphatic heterocycles. The van der Waals surface area contributed by atoms with Gasteiger partial charge in [-0.25, -0.2) is 0 Å². The topological polar surface area (TPSA) is 82.3 Å². The third-order valence-electron chi connectivity index (χ3n) is 3.54. The fraction of sp³-hybridized carbons (Fsp3) is 0.400. The van der Waals surface area contributed by atoms with Crippen LogP contribution < -0.4 is 10.3 Å². The Morgan fingerprint density at radius 2 is 1.91 bits per heavy atom. The first-order chi connectivity index (χ1) is 10.2. The van der Waals surface area contributed by atoms with E-state index in [2.05, 4.69) is 23.6 Å². The molecule has 1 aromatic carbocycles.